The van der Waals surface area contributed by atoms with Crippen LogP contribution in [0.4, 0.5) is 0 Å². The lowest BCUT2D eigenvalue weighted by atomic mass is 10.1. The molecule has 0 aliphatic carbocycles. The minimum atomic E-state index is -0.0105. The molecule has 0 spiro atoms. The van der Waals surface area contributed by atoms with Gasteiger partial charge in [0.1, 0.15) is 12.4 Å². The highest BCUT2D eigenvalue weighted by atomic mass is 35.5. The third-order valence-electron chi connectivity index (χ3n) is 1.79. The van der Waals surface area contributed by atoms with Crippen molar-refractivity contribution in [2.75, 3.05) is 6.61 Å². The third kappa shape index (κ3) is 1.08. The lowest BCUT2D eigenvalue weighted by Crippen LogP contribution is -2.10. The van der Waals surface area contributed by atoms with Crippen LogP contribution in [0.5, 0.6) is 5.75 Å². The molecule has 2 nitrogen and oxygen atoms in total. The summed E-state index contributed by atoms with van der Waals surface area (Å²) in [6.07, 6.45) is 0. The average molecular weight is 170 g/mol. The Bertz CT molecular complexity index is 287. The van der Waals surface area contributed by atoms with Gasteiger partial charge in [-0.15, -0.1) is 0 Å². The fraction of sp³-hybridized carbons (Fsp3) is 0.250. The molecular formula is C8H8ClNO. The van der Waals surface area contributed by atoms with E-state index in [1.165, 1.54) is 0 Å². The molecule has 1 aliphatic rings. The summed E-state index contributed by atoms with van der Waals surface area (Å²) in [5.41, 5.74) is 6.74. The molecule has 0 bridgehead atoms. The molecule has 11 heavy (non-hydrogen) atoms. The van der Waals surface area contributed by atoms with E-state index in [1.54, 1.807) is 6.07 Å². The molecule has 1 aromatic carbocycles. The van der Waals surface area contributed by atoms with Crippen LogP contribution < -0.4 is 10.5 Å². The highest BCUT2D eigenvalue weighted by Crippen LogP contribution is 2.32. The van der Waals surface area contributed by atoms with Crippen LogP contribution in [0.15, 0.2) is 18.2 Å². The summed E-state index contributed by atoms with van der Waals surface area (Å²) >= 11 is 5.78. The number of benzene rings is 1. The first-order valence-corrected chi connectivity index (χ1v) is 3.83. The predicted octanol–water partition coefficient (Wildman–Crippen LogP) is 1.73. The van der Waals surface area contributed by atoms with Crippen LogP contribution >= 0.6 is 11.6 Å². The SMILES string of the molecule is N[C@@H]1COc2ccc(Cl)cc21. The number of halogens is 1. The molecule has 1 aromatic rings. The minimum absolute atomic E-state index is 0.0105. The zero-order valence-electron chi connectivity index (χ0n) is 5.88. The van der Waals surface area contributed by atoms with Gasteiger partial charge < -0.3 is 10.5 Å². The van der Waals surface area contributed by atoms with Crippen molar-refractivity contribution in [2.24, 2.45) is 5.73 Å². The van der Waals surface area contributed by atoms with Gasteiger partial charge in [0.15, 0.2) is 0 Å². The van der Waals surface area contributed by atoms with Gasteiger partial charge in [0, 0.05) is 10.6 Å². The fourth-order valence-corrected chi connectivity index (χ4v) is 1.39. The Balaban J connectivity index is 2.52. The zero-order chi connectivity index (χ0) is 7.84. The molecule has 0 radical (unpaired) electrons. The maximum absolute atomic E-state index is 5.78. The molecule has 0 fully saturated rings. The van der Waals surface area contributed by atoms with Crippen molar-refractivity contribution in [1.29, 1.82) is 0 Å². The summed E-state index contributed by atoms with van der Waals surface area (Å²) < 4.78 is 5.28. The van der Waals surface area contributed by atoms with Crippen molar-refractivity contribution in [3.05, 3.63) is 28.8 Å². The first-order valence-electron chi connectivity index (χ1n) is 3.45. The molecule has 2 rings (SSSR count). The molecule has 2 N–H and O–H groups in total. The Kier molecular flexibility index (Phi) is 1.51. The molecule has 0 saturated carbocycles. The summed E-state index contributed by atoms with van der Waals surface area (Å²) in [5.74, 6) is 0.863. The smallest absolute Gasteiger partial charge is 0.124 e. The summed E-state index contributed by atoms with van der Waals surface area (Å²) in [4.78, 5) is 0. The molecule has 0 aromatic heterocycles. The van der Waals surface area contributed by atoms with Crippen LogP contribution in [0.1, 0.15) is 11.6 Å². The van der Waals surface area contributed by atoms with Gasteiger partial charge in [-0.1, -0.05) is 11.6 Å². The van der Waals surface area contributed by atoms with E-state index in [9.17, 15) is 0 Å². The van der Waals surface area contributed by atoms with Gasteiger partial charge in [-0.05, 0) is 18.2 Å². The van der Waals surface area contributed by atoms with Gasteiger partial charge in [0.2, 0.25) is 0 Å². The Morgan fingerprint density at radius 3 is 3.18 bits per heavy atom. The van der Waals surface area contributed by atoms with E-state index in [0.717, 1.165) is 11.3 Å². The van der Waals surface area contributed by atoms with Crippen LogP contribution in [-0.4, -0.2) is 6.61 Å². The molecule has 3 heteroatoms. The first-order chi connectivity index (χ1) is 5.27. The second kappa shape index (κ2) is 2.40. The minimum Gasteiger partial charge on any atom is -0.491 e. The lowest BCUT2D eigenvalue weighted by Gasteiger charge is -1.99. The molecule has 1 atom stereocenters. The van der Waals surface area contributed by atoms with Gasteiger partial charge in [0.25, 0.3) is 0 Å². The number of fused-ring (bicyclic) bond motifs is 1. The summed E-state index contributed by atoms with van der Waals surface area (Å²) in [6, 6.07) is 5.50. The van der Waals surface area contributed by atoms with Gasteiger partial charge in [-0.2, -0.15) is 0 Å². The largest absolute Gasteiger partial charge is 0.491 e. The third-order valence-corrected chi connectivity index (χ3v) is 2.02. The van der Waals surface area contributed by atoms with Gasteiger partial charge in [-0.3, -0.25) is 0 Å². The summed E-state index contributed by atoms with van der Waals surface area (Å²) in [7, 11) is 0. The molecule has 0 amide bonds. The molecule has 0 unspecified atom stereocenters. The van der Waals surface area contributed by atoms with Crippen LogP contribution in [0.2, 0.25) is 5.02 Å². The number of rotatable bonds is 0. The van der Waals surface area contributed by atoms with Crippen molar-refractivity contribution in [1.82, 2.24) is 0 Å². The second-order valence-electron chi connectivity index (χ2n) is 2.60. The van der Waals surface area contributed by atoms with Crippen LogP contribution in [0.25, 0.3) is 0 Å². The number of hydrogen-bond donors (Lipinski definition) is 1. The number of ether oxygens (including phenoxy) is 1. The molecule has 58 valence electrons. The van der Waals surface area contributed by atoms with Crippen LogP contribution in [-0.2, 0) is 0 Å². The van der Waals surface area contributed by atoms with Crippen molar-refractivity contribution in [2.45, 2.75) is 6.04 Å². The van der Waals surface area contributed by atoms with Gasteiger partial charge in [0.05, 0.1) is 6.04 Å². The van der Waals surface area contributed by atoms with Crippen LogP contribution in [0, 0.1) is 0 Å². The Morgan fingerprint density at radius 2 is 2.36 bits per heavy atom. The van der Waals surface area contributed by atoms with E-state index >= 15 is 0 Å². The summed E-state index contributed by atoms with van der Waals surface area (Å²) in [5, 5.41) is 0.713. The van der Waals surface area contributed by atoms with E-state index in [1.807, 2.05) is 12.1 Å². The highest BCUT2D eigenvalue weighted by Gasteiger charge is 2.19. The molecule has 1 aliphatic heterocycles. The number of nitrogens with two attached hydrogens (primary N) is 1. The van der Waals surface area contributed by atoms with Crippen molar-refractivity contribution in [3.8, 4) is 5.75 Å². The van der Waals surface area contributed by atoms with E-state index in [-0.39, 0.29) is 6.04 Å². The predicted molar refractivity (Wildman–Crippen MR) is 43.9 cm³/mol. The maximum atomic E-state index is 5.78. The Labute approximate surface area is 69.9 Å². The molecule has 1 heterocycles. The lowest BCUT2D eigenvalue weighted by molar-refractivity contribution is 0.333. The zero-order valence-corrected chi connectivity index (χ0v) is 6.64. The molecule has 0 saturated heterocycles. The van der Waals surface area contributed by atoms with Crippen molar-refractivity contribution >= 4 is 11.6 Å². The van der Waals surface area contributed by atoms with Crippen molar-refractivity contribution < 1.29 is 4.74 Å². The van der Waals surface area contributed by atoms with E-state index in [0.29, 0.717) is 11.6 Å². The standard InChI is InChI=1S/C8H8ClNO/c9-5-1-2-8-6(3-5)7(10)4-11-8/h1-3,7H,4,10H2/t7-/m1/s1. The van der Waals surface area contributed by atoms with Gasteiger partial charge in [-0.25, -0.2) is 0 Å². The summed E-state index contributed by atoms with van der Waals surface area (Å²) in [6.45, 7) is 0.565. The Hall–Kier alpha value is -0.730. The van der Waals surface area contributed by atoms with Crippen LogP contribution in [0.3, 0.4) is 0 Å². The van der Waals surface area contributed by atoms with Crippen molar-refractivity contribution in [3.63, 3.8) is 0 Å². The monoisotopic (exact) mass is 169 g/mol. The average Bonchev–Trinajstić information content (AvgIpc) is 2.33. The van der Waals surface area contributed by atoms with E-state index in [4.69, 9.17) is 22.1 Å². The second-order valence-corrected chi connectivity index (χ2v) is 3.04. The van der Waals surface area contributed by atoms with Gasteiger partial charge >= 0.3 is 0 Å². The topological polar surface area (TPSA) is 35.2 Å². The maximum Gasteiger partial charge on any atom is 0.124 e. The van der Waals surface area contributed by atoms with E-state index < -0.39 is 0 Å². The number of hydrogen-bond acceptors (Lipinski definition) is 2. The Morgan fingerprint density at radius 1 is 1.55 bits per heavy atom. The highest BCUT2D eigenvalue weighted by molar-refractivity contribution is 6.30. The quantitative estimate of drug-likeness (QED) is 0.642. The molecular weight excluding hydrogens is 162 g/mol. The van der Waals surface area contributed by atoms with E-state index in [2.05, 4.69) is 0 Å². The first kappa shape index (κ1) is 6.95. The normalized spacial score (nSPS) is 21.1. The fourth-order valence-electron chi connectivity index (χ4n) is 1.21.